The molecule has 2 aromatic carbocycles. The van der Waals surface area contributed by atoms with Gasteiger partial charge in [-0.1, -0.05) is 41.4 Å². The van der Waals surface area contributed by atoms with E-state index in [0.717, 1.165) is 40.1 Å². The van der Waals surface area contributed by atoms with Crippen molar-refractivity contribution in [2.75, 3.05) is 13.2 Å². The number of hydrogen-bond acceptors (Lipinski definition) is 6. The molecule has 4 rings (SSSR count). The summed E-state index contributed by atoms with van der Waals surface area (Å²) in [5, 5.41) is 15.7. The van der Waals surface area contributed by atoms with Gasteiger partial charge in [0.25, 0.3) is 5.91 Å². The van der Waals surface area contributed by atoms with Crippen LogP contribution >= 0.6 is 27.7 Å². The van der Waals surface area contributed by atoms with Gasteiger partial charge in [0.05, 0.1) is 5.57 Å². The number of unbranched alkanes of at least 4 members (excludes halogenated alkanes) is 1. The Morgan fingerprint density at radius 2 is 1.70 bits per heavy atom. The minimum absolute atomic E-state index is 0.0504. The third kappa shape index (κ3) is 5.91. The Balaban J connectivity index is 1.34. The molecule has 2 aromatic rings. The smallest absolute Gasteiger partial charge is 0.283 e. The fourth-order valence-corrected chi connectivity index (χ4v) is 4.33. The molecule has 170 valence electrons. The van der Waals surface area contributed by atoms with Crippen molar-refractivity contribution in [3.63, 3.8) is 0 Å². The van der Waals surface area contributed by atoms with Crippen molar-refractivity contribution in [2.24, 2.45) is 10.1 Å². The Bertz CT molecular complexity index is 1130. The molecular weight excluding hydrogens is 504 g/mol. The van der Waals surface area contributed by atoms with Crippen molar-refractivity contribution >= 4 is 55.7 Å². The zero-order valence-corrected chi connectivity index (χ0v) is 20.5. The summed E-state index contributed by atoms with van der Waals surface area (Å²) in [6.45, 7) is 2.95. The summed E-state index contributed by atoms with van der Waals surface area (Å²) in [5.41, 5.74) is 0.999. The van der Waals surface area contributed by atoms with Crippen LogP contribution < -0.4 is 9.47 Å². The van der Waals surface area contributed by atoms with Crippen LogP contribution in [-0.2, 0) is 4.79 Å². The van der Waals surface area contributed by atoms with E-state index in [2.05, 4.69) is 32.9 Å². The number of hydrogen-bond donors (Lipinski definition) is 1. The molecule has 2 aliphatic rings. The lowest BCUT2D eigenvalue weighted by Crippen LogP contribution is -2.35. The first kappa shape index (κ1) is 23.3. The SMILES string of the molecule is CCCCC1=NN2C(=N)/C(=C\c3ccc(OCCOc4ccc(Br)cc4)cc3)C(=O)N=C2S1. The highest BCUT2D eigenvalue weighted by Crippen LogP contribution is 2.30. The number of amides is 1. The molecule has 2 heterocycles. The molecule has 0 aliphatic carbocycles. The van der Waals surface area contributed by atoms with E-state index < -0.39 is 5.91 Å². The van der Waals surface area contributed by atoms with Crippen LogP contribution in [0.15, 0.2) is 68.7 Å². The summed E-state index contributed by atoms with van der Waals surface area (Å²) in [7, 11) is 0. The van der Waals surface area contributed by atoms with E-state index in [1.807, 2.05) is 48.5 Å². The van der Waals surface area contributed by atoms with Crippen LogP contribution in [0.4, 0.5) is 0 Å². The summed E-state index contributed by atoms with van der Waals surface area (Å²) < 4.78 is 12.4. The van der Waals surface area contributed by atoms with Gasteiger partial charge < -0.3 is 9.47 Å². The van der Waals surface area contributed by atoms with E-state index in [4.69, 9.17) is 14.9 Å². The van der Waals surface area contributed by atoms with Gasteiger partial charge in [-0.05, 0) is 72.6 Å². The Hall–Kier alpha value is -2.91. The molecule has 0 spiro atoms. The van der Waals surface area contributed by atoms with E-state index in [-0.39, 0.29) is 11.4 Å². The quantitative estimate of drug-likeness (QED) is 0.333. The molecule has 33 heavy (non-hydrogen) atoms. The van der Waals surface area contributed by atoms with E-state index >= 15 is 0 Å². The fraction of sp³-hybridized carbons (Fsp3) is 0.250. The number of carbonyl (C=O) groups excluding carboxylic acids is 1. The molecule has 9 heteroatoms. The zero-order chi connectivity index (χ0) is 23.2. The molecule has 0 atom stereocenters. The van der Waals surface area contributed by atoms with Crippen molar-refractivity contribution in [1.82, 2.24) is 5.01 Å². The number of nitrogens with one attached hydrogen (secondary N) is 1. The number of ether oxygens (including phenoxy) is 2. The Morgan fingerprint density at radius 3 is 2.33 bits per heavy atom. The van der Waals surface area contributed by atoms with E-state index in [1.165, 1.54) is 16.8 Å². The van der Waals surface area contributed by atoms with Crippen molar-refractivity contribution in [1.29, 1.82) is 5.41 Å². The summed E-state index contributed by atoms with van der Waals surface area (Å²) in [6, 6.07) is 15.0. The minimum atomic E-state index is -0.420. The van der Waals surface area contributed by atoms with Gasteiger partial charge in [-0.2, -0.15) is 15.1 Å². The number of rotatable bonds is 9. The van der Waals surface area contributed by atoms with Gasteiger partial charge in [-0.15, -0.1) is 0 Å². The summed E-state index contributed by atoms with van der Waals surface area (Å²) in [6.07, 6.45) is 4.57. The third-order valence-corrected chi connectivity index (χ3v) is 6.36. The number of carbonyl (C=O) groups is 1. The molecule has 0 fully saturated rings. The van der Waals surface area contributed by atoms with E-state index in [0.29, 0.717) is 24.1 Å². The van der Waals surface area contributed by atoms with Gasteiger partial charge in [-0.25, -0.2) is 0 Å². The third-order valence-electron chi connectivity index (χ3n) is 4.87. The van der Waals surface area contributed by atoms with Crippen molar-refractivity contribution in [3.8, 4) is 11.5 Å². The monoisotopic (exact) mass is 526 g/mol. The predicted octanol–water partition coefficient (Wildman–Crippen LogP) is 5.72. The number of thioether (sulfide) groups is 1. The first-order chi connectivity index (χ1) is 16.0. The molecule has 2 aliphatic heterocycles. The lowest BCUT2D eigenvalue weighted by molar-refractivity contribution is -0.114. The minimum Gasteiger partial charge on any atom is -0.490 e. The molecule has 1 amide bonds. The maximum Gasteiger partial charge on any atom is 0.283 e. The zero-order valence-electron chi connectivity index (χ0n) is 18.1. The molecule has 7 nitrogen and oxygen atoms in total. The largest absolute Gasteiger partial charge is 0.490 e. The normalized spacial score (nSPS) is 16.5. The number of fused-ring (bicyclic) bond motifs is 1. The Labute approximate surface area is 205 Å². The molecule has 1 N–H and O–H groups in total. The molecular formula is C24H23BrN4O3S. The first-order valence-electron chi connectivity index (χ1n) is 10.6. The Morgan fingerprint density at radius 1 is 1.06 bits per heavy atom. The second-order valence-electron chi connectivity index (χ2n) is 7.34. The topological polar surface area (TPSA) is 87.3 Å². The number of halogens is 1. The molecule has 0 unspecified atom stereocenters. The summed E-state index contributed by atoms with van der Waals surface area (Å²) >= 11 is 4.76. The average molecular weight is 527 g/mol. The molecule has 0 aromatic heterocycles. The number of benzene rings is 2. The Kier molecular flexibility index (Phi) is 7.61. The van der Waals surface area contributed by atoms with E-state index in [9.17, 15) is 4.79 Å². The highest BCUT2D eigenvalue weighted by molar-refractivity contribution is 9.10. The fourth-order valence-electron chi connectivity index (χ4n) is 3.14. The van der Waals surface area contributed by atoms with Gasteiger partial charge in [0.2, 0.25) is 5.17 Å². The average Bonchev–Trinajstić information content (AvgIpc) is 3.23. The van der Waals surface area contributed by atoms with Crippen molar-refractivity contribution in [2.45, 2.75) is 26.2 Å². The van der Waals surface area contributed by atoms with E-state index in [1.54, 1.807) is 6.08 Å². The van der Waals surface area contributed by atoms with Gasteiger partial charge in [0.15, 0.2) is 5.84 Å². The highest BCUT2D eigenvalue weighted by Gasteiger charge is 2.35. The maximum atomic E-state index is 12.5. The summed E-state index contributed by atoms with van der Waals surface area (Å²) in [4.78, 5) is 16.7. The van der Waals surface area contributed by atoms with Crippen LogP contribution in [0.25, 0.3) is 6.08 Å². The van der Waals surface area contributed by atoms with Gasteiger partial charge in [-0.3, -0.25) is 10.2 Å². The highest BCUT2D eigenvalue weighted by atomic mass is 79.9. The van der Waals surface area contributed by atoms with Crippen molar-refractivity contribution in [3.05, 3.63) is 64.1 Å². The maximum absolute atomic E-state index is 12.5. The molecule has 0 radical (unpaired) electrons. The van der Waals surface area contributed by atoms with Crippen molar-refractivity contribution < 1.29 is 14.3 Å². The lowest BCUT2D eigenvalue weighted by Gasteiger charge is -2.20. The summed E-state index contributed by atoms with van der Waals surface area (Å²) in [5.74, 6) is 1.11. The first-order valence-corrected chi connectivity index (χ1v) is 12.2. The standard InChI is InChI=1S/C24H23BrN4O3S/c1-2-3-4-21-28-29-22(26)20(23(30)27-24(29)33-21)15-16-5-9-18(10-6-16)31-13-14-32-19-11-7-17(25)8-12-19/h5-12,15,26H,2-4,13-14H2,1H3/b20-15+,26-22?. The lowest BCUT2D eigenvalue weighted by atomic mass is 10.1. The number of amidine groups is 2. The second-order valence-corrected chi connectivity index (χ2v) is 9.29. The number of aliphatic imine (C=N–C) groups is 1. The van der Waals surface area contributed by atoms with Crippen LogP contribution in [-0.4, -0.2) is 40.2 Å². The number of hydrazone groups is 1. The van der Waals surface area contributed by atoms with Gasteiger partial charge in [0.1, 0.15) is 29.8 Å². The molecule has 0 saturated heterocycles. The predicted molar refractivity (Wildman–Crippen MR) is 136 cm³/mol. The molecule has 0 saturated carbocycles. The van der Waals surface area contributed by atoms with Crippen LogP contribution in [0, 0.1) is 5.41 Å². The van der Waals surface area contributed by atoms with Crippen LogP contribution in [0.2, 0.25) is 0 Å². The van der Waals surface area contributed by atoms with Gasteiger partial charge in [0, 0.05) is 4.47 Å². The second kappa shape index (κ2) is 10.8. The van der Waals surface area contributed by atoms with Crippen LogP contribution in [0.3, 0.4) is 0 Å². The van der Waals surface area contributed by atoms with Crippen LogP contribution in [0.5, 0.6) is 11.5 Å². The van der Waals surface area contributed by atoms with Crippen LogP contribution in [0.1, 0.15) is 31.7 Å². The van der Waals surface area contributed by atoms with Gasteiger partial charge >= 0.3 is 0 Å². The number of nitrogens with zero attached hydrogens (tertiary/aromatic N) is 3. The molecule has 0 bridgehead atoms.